The molecule has 0 N–H and O–H groups in total. The Balaban J connectivity index is 1.78. The van der Waals surface area contributed by atoms with E-state index in [9.17, 15) is 4.79 Å². The molecule has 0 bridgehead atoms. The summed E-state index contributed by atoms with van der Waals surface area (Å²) >= 11 is 0. The number of hydrogen-bond donors (Lipinski definition) is 0. The van der Waals surface area contributed by atoms with Crippen LogP contribution in [0.15, 0.2) is 72.8 Å². The third-order valence-corrected chi connectivity index (χ3v) is 4.94. The fraction of sp³-hybridized carbons (Fsp3) is 0.192. The van der Waals surface area contributed by atoms with Crippen molar-refractivity contribution in [1.29, 1.82) is 0 Å². The minimum Gasteiger partial charge on any atom is -0.497 e. The molecule has 3 aromatic carbocycles. The fourth-order valence-electron chi connectivity index (χ4n) is 3.13. The summed E-state index contributed by atoms with van der Waals surface area (Å²) in [4.78, 5) is 17.0. The van der Waals surface area contributed by atoms with Crippen molar-refractivity contribution in [1.82, 2.24) is 4.90 Å². The molecule has 4 heteroatoms. The van der Waals surface area contributed by atoms with Gasteiger partial charge in [0.1, 0.15) is 5.75 Å². The monoisotopic (exact) mass is 400 g/mol. The molecule has 0 spiro atoms. The van der Waals surface area contributed by atoms with Crippen LogP contribution in [0.5, 0.6) is 5.75 Å². The summed E-state index contributed by atoms with van der Waals surface area (Å²) in [5, 5.41) is 0. The number of amides is 1. The van der Waals surface area contributed by atoms with Crippen LogP contribution < -0.4 is 9.64 Å². The Morgan fingerprint density at radius 1 is 0.867 bits per heavy atom. The lowest BCUT2D eigenvalue weighted by Crippen LogP contribution is -2.30. The number of anilines is 1. The van der Waals surface area contributed by atoms with Crippen LogP contribution in [0.4, 0.5) is 5.69 Å². The summed E-state index contributed by atoms with van der Waals surface area (Å²) in [6, 6.07) is 23.8. The molecule has 2 radical (unpaired) electrons. The van der Waals surface area contributed by atoms with Gasteiger partial charge in [-0.1, -0.05) is 48.5 Å². The van der Waals surface area contributed by atoms with E-state index in [0.29, 0.717) is 13.1 Å². The third-order valence-electron chi connectivity index (χ3n) is 4.94. The van der Waals surface area contributed by atoms with Gasteiger partial charge in [0.2, 0.25) is 5.91 Å². The van der Waals surface area contributed by atoms with Gasteiger partial charge in [0.05, 0.1) is 13.5 Å². The second-order valence-electron chi connectivity index (χ2n) is 7.49. The lowest BCUT2D eigenvalue weighted by Gasteiger charge is -2.24. The van der Waals surface area contributed by atoms with Crippen molar-refractivity contribution >= 4 is 11.6 Å². The SMILES string of the molecule is [CH2]c1ccc([CH]C(=O)N(Cc2ccc(OC)cc2)Cc2ccc(N(C)C)cc2)cc1. The summed E-state index contributed by atoms with van der Waals surface area (Å²) in [5.41, 5.74) is 5.07. The van der Waals surface area contributed by atoms with Crippen molar-refractivity contribution in [3.8, 4) is 5.75 Å². The number of ether oxygens (including phenoxy) is 1. The molecule has 0 heterocycles. The van der Waals surface area contributed by atoms with E-state index in [1.807, 2.05) is 67.5 Å². The van der Waals surface area contributed by atoms with Crippen LogP contribution in [0, 0.1) is 13.3 Å². The molecular formula is C26H28N2O2. The highest BCUT2D eigenvalue weighted by Gasteiger charge is 2.16. The Labute approximate surface area is 179 Å². The summed E-state index contributed by atoms with van der Waals surface area (Å²) in [6.07, 6.45) is 1.68. The van der Waals surface area contributed by atoms with Crippen molar-refractivity contribution < 1.29 is 9.53 Å². The molecule has 0 saturated heterocycles. The number of carbonyl (C=O) groups is 1. The number of hydrogen-bond acceptors (Lipinski definition) is 3. The lowest BCUT2D eigenvalue weighted by molar-refractivity contribution is -0.128. The smallest absolute Gasteiger partial charge is 0.231 e. The molecule has 0 aliphatic rings. The average molecular weight is 401 g/mol. The van der Waals surface area contributed by atoms with Crippen LogP contribution in [0.1, 0.15) is 22.3 Å². The minimum atomic E-state index is -0.0284. The molecule has 0 saturated carbocycles. The van der Waals surface area contributed by atoms with E-state index in [0.717, 1.165) is 33.7 Å². The zero-order valence-electron chi connectivity index (χ0n) is 17.8. The molecule has 0 aromatic heterocycles. The van der Waals surface area contributed by atoms with Crippen molar-refractivity contribution in [2.75, 3.05) is 26.1 Å². The van der Waals surface area contributed by atoms with Crippen molar-refractivity contribution in [2.24, 2.45) is 0 Å². The van der Waals surface area contributed by atoms with Crippen LogP contribution >= 0.6 is 0 Å². The standard InChI is InChI=1S/C26H28N2O2/c1-20-5-7-21(8-6-20)17-26(29)28(19-23-11-15-25(30-4)16-12-23)18-22-9-13-24(14-10-22)27(2)3/h5-17H,1,18-19H2,2-4H3. The molecule has 0 aliphatic heterocycles. The van der Waals surface area contributed by atoms with Crippen LogP contribution in [0.2, 0.25) is 0 Å². The van der Waals surface area contributed by atoms with Gasteiger partial charge in [0.15, 0.2) is 0 Å². The highest BCUT2D eigenvalue weighted by molar-refractivity contribution is 5.88. The molecule has 1 amide bonds. The summed E-state index contributed by atoms with van der Waals surface area (Å²) in [7, 11) is 5.68. The number of benzene rings is 3. The Morgan fingerprint density at radius 2 is 1.40 bits per heavy atom. The highest BCUT2D eigenvalue weighted by atomic mass is 16.5. The third kappa shape index (κ3) is 5.86. The fourth-order valence-corrected chi connectivity index (χ4v) is 3.13. The first-order chi connectivity index (χ1) is 14.4. The first-order valence-electron chi connectivity index (χ1n) is 9.89. The Kier molecular flexibility index (Phi) is 7.12. The number of nitrogens with zero attached hydrogens (tertiary/aromatic N) is 2. The Morgan fingerprint density at radius 3 is 1.90 bits per heavy atom. The maximum absolute atomic E-state index is 13.1. The van der Waals surface area contributed by atoms with Gasteiger partial charge in [0.25, 0.3) is 0 Å². The van der Waals surface area contributed by atoms with E-state index in [-0.39, 0.29) is 5.91 Å². The van der Waals surface area contributed by atoms with E-state index in [2.05, 4.69) is 36.1 Å². The average Bonchev–Trinajstić information content (AvgIpc) is 2.75. The molecule has 154 valence electrons. The van der Waals surface area contributed by atoms with Crippen LogP contribution in [0.3, 0.4) is 0 Å². The first kappa shape index (κ1) is 21.4. The van der Waals surface area contributed by atoms with Gasteiger partial charge in [-0.3, -0.25) is 4.79 Å². The summed E-state index contributed by atoms with van der Waals surface area (Å²) < 4.78 is 5.24. The number of carbonyl (C=O) groups excluding carboxylic acids is 1. The van der Waals surface area contributed by atoms with Crippen LogP contribution in [-0.4, -0.2) is 32.0 Å². The predicted molar refractivity (Wildman–Crippen MR) is 122 cm³/mol. The van der Waals surface area contributed by atoms with Crippen LogP contribution in [-0.2, 0) is 17.9 Å². The summed E-state index contributed by atoms with van der Waals surface area (Å²) in [5.74, 6) is 0.773. The second kappa shape index (κ2) is 9.97. The van der Waals surface area contributed by atoms with E-state index in [1.54, 1.807) is 13.5 Å². The quantitative estimate of drug-likeness (QED) is 0.548. The predicted octanol–water partition coefficient (Wildman–Crippen LogP) is 4.72. The molecule has 0 fully saturated rings. The lowest BCUT2D eigenvalue weighted by atomic mass is 10.1. The molecule has 3 rings (SSSR count). The largest absolute Gasteiger partial charge is 0.497 e. The first-order valence-corrected chi connectivity index (χ1v) is 9.89. The molecular weight excluding hydrogens is 372 g/mol. The van der Waals surface area contributed by atoms with E-state index < -0.39 is 0 Å². The van der Waals surface area contributed by atoms with Gasteiger partial charge in [-0.25, -0.2) is 0 Å². The summed E-state index contributed by atoms with van der Waals surface area (Å²) in [6.45, 7) is 4.94. The van der Waals surface area contributed by atoms with Crippen molar-refractivity contribution in [2.45, 2.75) is 13.1 Å². The molecule has 4 nitrogen and oxygen atoms in total. The topological polar surface area (TPSA) is 32.8 Å². The number of methoxy groups -OCH3 is 1. The maximum atomic E-state index is 13.1. The van der Waals surface area contributed by atoms with Crippen molar-refractivity contribution in [3.63, 3.8) is 0 Å². The van der Waals surface area contributed by atoms with Gasteiger partial charge in [-0.2, -0.15) is 0 Å². The molecule has 3 aromatic rings. The highest BCUT2D eigenvalue weighted by Crippen LogP contribution is 2.19. The molecule has 0 aliphatic carbocycles. The number of rotatable bonds is 8. The van der Waals surface area contributed by atoms with Gasteiger partial charge >= 0.3 is 0 Å². The van der Waals surface area contributed by atoms with Gasteiger partial charge in [0, 0.05) is 32.9 Å². The second-order valence-corrected chi connectivity index (χ2v) is 7.49. The molecule has 0 unspecified atom stereocenters. The molecule has 0 atom stereocenters. The van der Waals surface area contributed by atoms with Gasteiger partial charge in [-0.05, 0) is 53.4 Å². The molecule has 30 heavy (non-hydrogen) atoms. The van der Waals surface area contributed by atoms with Crippen molar-refractivity contribution in [3.05, 3.63) is 108 Å². The van der Waals surface area contributed by atoms with E-state index in [4.69, 9.17) is 4.74 Å². The zero-order valence-corrected chi connectivity index (χ0v) is 17.8. The van der Waals surface area contributed by atoms with E-state index >= 15 is 0 Å². The van der Waals surface area contributed by atoms with E-state index in [1.165, 1.54) is 0 Å². The van der Waals surface area contributed by atoms with Gasteiger partial charge in [-0.15, -0.1) is 0 Å². The Bertz CT molecular complexity index is 946. The van der Waals surface area contributed by atoms with Crippen LogP contribution in [0.25, 0.3) is 0 Å². The van der Waals surface area contributed by atoms with Gasteiger partial charge < -0.3 is 14.5 Å². The maximum Gasteiger partial charge on any atom is 0.231 e. The zero-order chi connectivity index (χ0) is 21.5. The Hall–Kier alpha value is -3.27. The minimum absolute atomic E-state index is 0.0284. The normalized spacial score (nSPS) is 10.5.